The first kappa shape index (κ1) is 16.2. The number of aliphatic hydroxyl groups is 1. The molecule has 2 rings (SSSR count). The lowest BCUT2D eigenvalue weighted by molar-refractivity contribution is 0.0383. The highest BCUT2D eigenvalue weighted by Gasteiger charge is 2.28. The van der Waals surface area contributed by atoms with E-state index in [-0.39, 0.29) is 23.1 Å². The predicted octanol–water partition coefficient (Wildman–Crippen LogP) is 2.01. The van der Waals surface area contributed by atoms with E-state index in [1.54, 1.807) is 11.8 Å². The summed E-state index contributed by atoms with van der Waals surface area (Å²) in [7, 11) is 0. The molecule has 0 aliphatic carbocycles. The Kier molecular flexibility index (Phi) is 5.19. The zero-order valence-corrected chi connectivity index (χ0v) is 13.0. The molecule has 4 nitrogen and oxygen atoms in total. The first-order valence-electron chi connectivity index (χ1n) is 7.05. The smallest absolute Gasteiger partial charge is 0.254 e. The number of nitrogens with zero attached hydrogens (tertiary/aromatic N) is 2. The maximum Gasteiger partial charge on any atom is 0.254 e. The van der Waals surface area contributed by atoms with Gasteiger partial charge in [-0.15, -0.1) is 0 Å². The molecule has 1 N–H and O–H groups in total. The third-order valence-electron chi connectivity index (χ3n) is 3.66. The number of β-amino-alcohol motifs (C(OH)–C–C–N with tert-alkyl or cyclic N) is 1. The normalized spacial score (nSPS) is 21.4. The molecule has 2 unspecified atom stereocenters. The average Bonchev–Trinajstić information content (AvgIpc) is 2.40. The number of hydrogen-bond acceptors (Lipinski definition) is 3. The maximum absolute atomic E-state index is 13.2. The minimum Gasteiger partial charge on any atom is -0.392 e. The van der Waals surface area contributed by atoms with Crippen molar-refractivity contribution in [1.82, 2.24) is 9.80 Å². The minimum atomic E-state index is -0.525. The number of benzene rings is 1. The Morgan fingerprint density at radius 3 is 2.81 bits per heavy atom. The zero-order chi connectivity index (χ0) is 15.6. The Labute approximate surface area is 129 Å². The molecule has 1 saturated heterocycles. The van der Waals surface area contributed by atoms with Gasteiger partial charge in [0.2, 0.25) is 0 Å². The van der Waals surface area contributed by atoms with Gasteiger partial charge in [0.1, 0.15) is 5.82 Å². The number of halogens is 2. The Bertz CT molecular complexity index is 524. The summed E-state index contributed by atoms with van der Waals surface area (Å²) < 4.78 is 13.2. The topological polar surface area (TPSA) is 43.8 Å². The summed E-state index contributed by atoms with van der Waals surface area (Å²) >= 11 is 5.73. The SMILES string of the molecule is CC(O)CN1CCN(C(=O)c2ccc(F)c(Cl)c2)C(C)C1. The maximum atomic E-state index is 13.2. The van der Waals surface area contributed by atoms with Crippen LogP contribution in [-0.4, -0.2) is 59.1 Å². The molecule has 1 aliphatic heterocycles. The van der Waals surface area contributed by atoms with E-state index in [9.17, 15) is 14.3 Å². The monoisotopic (exact) mass is 314 g/mol. The highest BCUT2D eigenvalue weighted by Crippen LogP contribution is 2.19. The van der Waals surface area contributed by atoms with Crippen molar-refractivity contribution in [2.45, 2.75) is 26.0 Å². The fourth-order valence-corrected chi connectivity index (χ4v) is 2.85. The molecular weight excluding hydrogens is 295 g/mol. The number of aliphatic hydroxyl groups excluding tert-OH is 1. The van der Waals surface area contributed by atoms with Crippen LogP contribution in [0.3, 0.4) is 0 Å². The molecule has 0 aromatic heterocycles. The molecule has 1 aromatic rings. The molecule has 6 heteroatoms. The van der Waals surface area contributed by atoms with Crippen molar-refractivity contribution in [3.8, 4) is 0 Å². The van der Waals surface area contributed by atoms with Gasteiger partial charge in [-0.1, -0.05) is 11.6 Å². The van der Waals surface area contributed by atoms with Gasteiger partial charge in [-0.05, 0) is 32.0 Å². The number of hydrogen-bond donors (Lipinski definition) is 1. The molecule has 21 heavy (non-hydrogen) atoms. The van der Waals surface area contributed by atoms with Gasteiger partial charge in [-0.25, -0.2) is 4.39 Å². The molecule has 1 fully saturated rings. The van der Waals surface area contributed by atoms with Crippen LogP contribution in [0, 0.1) is 5.82 Å². The molecule has 0 saturated carbocycles. The lowest BCUT2D eigenvalue weighted by Gasteiger charge is -2.40. The summed E-state index contributed by atoms with van der Waals surface area (Å²) in [5.41, 5.74) is 0.400. The number of carbonyl (C=O) groups excluding carboxylic acids is 1. The van der Waals surface area contributed by atoms with Crippen LogP contribution in [0.15, 0.2) is 18.2 Å². The van der Waals surface area contributed by atoms with Crippen molar-refractivity contribution in [3.63, 3.8) is 0 Å². The van der Waals surface area contributed by atoms with E-state index in [0.717, 1.165) is 6.54 Å². The summed E-state index contributed by atoms with van der Waals surface area (Å²) in [6.07, 6.45) is -0.379. The quantitative estimate of drug-likeness (QED) is 0.928. The van der Waals surface area contributed by atoms with Crippen molar-refractivity contribution in [2.24, 2.45) is 0 Å². The largest absolute Gasteiger partial charge is 0.392 e. The van der Waals surface area contributed by atoms with Crippen molar-refractivity contribution >= 4 is 17.5 Å². The van der Waals surface area contributed by atoms with E-state index >= 15 is 0 Å². The van der Waals surface area contributed by atoms with E-state index in [1.165, 1.54) is 18.2 Å². The summed E-state index contributed by atoms with van der Waals surface area (Å²) in [5, 5.41) is 9.39. The van der Waals surface area contributed by atoms with E-state index in [4.69, 9.17) is 11.6 Å². The van der Waals surface area contributed by atoms with E-state index in [0.29, 0.717) is 25.2 Å². The number of carbonyl (C=O) groups is 1. The van der Waals surface area contributed by atoms with Crippen molar-refractivity contribution in [1.29, 1.82) is 0 Å². The Balaban J connectivity index is 2.05. The van der Waals surface area contributed by atoms with Gasteiger partial charge in [-0.3, -0.25) is 9.69 Å². The van der Waals surface area contributed by atoms with Crippen LogP contribution in [0.4, 0.5) is 4.39 Å². The van der Waals surface area contributed by atoms with Gasteiger partial charge < -0.3 is 10.0 Å². The fourth-order valence-electron chi connectivity index (χ4n) is 2.67. The van der Waals surface area contributed by atoms with E-state index < -0.39 is 5.82 Å². The number of rotatable bonds is 3. The van der Waals surface area contributed by atoms with Gasteiger partial charge in [0, 0.05) is 37.8 Å². The van der Waals surface area contributed by atoms with E-state index in [2.05, 4.69) is 4.90 Å². The third kappa shape index (κ3) is 3.93. The molecule has 0 spiro atoms. The first-order chi connectivity index (χ1) is 9.88. The molecule has 0 radical (unpaired) electrons. The predicted molar refractivity (Wildman–Crippen MR) is 80.0 cm³/mol. The number of piperazine rings is 1. The van der Waals surface area contributed by atoms with E-state index in [1.807, 2.05) is 6.92 Å². The molecule has 1 aromatic carbocycles. The van der Waals surface area contributed by atoms with Crippen LogP contribution in [0.1, 0.15) is 24.2 Å². The zero-order valence-electron chi connectivity index (χ0n) is 12.2. The third-order valence-corrected chi connectivity index (χ3v) is 3.95. The van der Waals surface area contributed by atoms with Crippen LogP contribution in [0.25, 0.3) is 0 Å². The van der Waals surface area contributed by atoms with Crippen LogP contribution in [0.5, 0.6) is 0 Å². The van der Waals surface area contributed by atoms with Crippen LogP contribution in [-0.2, 0) is 0 Å². The van der Waals surface area contributed by atoms with Gasteiger partial charge in [0.15, 0.2) is 0 Å². The van der Waals surface area contributed by atoms with Gasteiger partial charge in [0.05, 0.1) is 11.1 Å². The van der Waals surface area contributed by atoms with Crippen LogP contribution in [0.2, 0.25) is 5.02 Å². The second-order valence-corrected chi connectivity index (χ2v) is 5.99. The molecule has 116 valence electrons. The molecule has 2 atom stereocenters. The fraction of sp³-hybridized carbons (Fsp3) is 0.533. The van der Waals surface area contributed by atoms with Gasteiger partial charge in [0.25, 0.3) is 5.91 Å². The van der Waals surface area contributed by atoms with Crippen molar-refractivity contribution in [2.75, 3.05) is 26.2 Å². The lowest BCUT2D eigenvalue weighted by Crippen LogP contribution is -2.55. The summed E-state index contributed by atoms with van der Waals surface area (Å²) in [4.78, 5) is 16.4. The van der Waals surface area contributed by atoms with Gasteiger partial charge in [-0.2, -0.15) is 0 Å². The molecular formula is C15H20ClFN2O2. The van der Waals surface area contributed by atoms with Crippen LogP contribution < -0.4 is 0 Å². The lowest BCUT2D eigenvalue weighted by atomic mass is 10.1. The molecule has 1 amide bonds. The highest BCUT2D eigenvalue weighted by atomic mass is 35.5. The second kappa shape index (κ2) is 6.73. The first-order valence-corrected chi connectivity index (χ1v) is 7.42. The highest BCUT2D eigenvalue weighted by molar-refractivity contribution is 6.31. The van der Waals surface area contributed by atoms with Gasteiger partial charge >= 0.3 is 0 Å². The Morgan fingerprint density at radius 2 is 2.24 bits per heavy atom. The summed E-state index contributed by atoms with van der Waals surface area (Å²) in [6, 6.07) is 4.07. The Morgan fingerprint density at radius 1 is 1.52 bits per heavy atom. The van der Waals surface area contributed by atoms with Crippen LogP contribution >= 0.6 is 11.6 Å². The van der Waals surface area contributed by atoms with Crippen molar-refractivity contribution < 1.29 is 14.3 Å². The Hall–Kier alpha value is -1.17. The molecule has 1 heterocycles. The molecule has 1 aliphatic rings. The molecule has 0 bridgehead atoms. The van der Waals surface area contributed by atoms with Crippen molar-refractivity contribution in [3.05, 3.63) is 34.6 Å². The standard InChI is InChI=1S/C15H20ClFN2O2/c1-10-8-18(9-11(2)20)5-6-19(10)15(21)12-3-4-14(17)13(16)7-12/h3-4,7,10-11,20H,5-6,8-9H2,1-2H3. The average molecular weight is 315 g/mol. The summed E-state index contributed by atoms with van der Waals surface area (Å²) in [6.45, 7) is 6.35. The number of amides is 1. The summed E-state index contributed by atoms with van der Waals surface area (Å²) in [5.74, 6) is -0.663. The minimum absolute atomic E-state index is 0.0360. The second-order valence-electron chi connectivity index (χ2n) is 5.59.